The van der Waals surface area contributed by atoms with Crippen LogP contribution in [0.15, 0.2) is 85.7 Å². The van der Waals surface area contributed by atoms with Gasteiger partial charge in [-0.2, -0.15) is 0 Å². The number of carbonyl (C=O) groups is 3. The van der Waals surface area contributed by atoms with Crippen molar-refractivity contribution >= 4 is 24.8 Å². The van der Waals surface area contributed by atoms with Crippen molar-refractivity contribution in [3.05, 3.63) is 124 Å². The molecule has 0 N–H and O–H groups in total. The molecule has 15 heteroatoms. The zero-order valence-electron chi connectivity index (χ0n) is 23.1. The molecule has 5 rings (SSSR count). The fourth-order valence-corrected chi connectivity index (χ4v) is 3.80. The van der Waals surface area contributed by atoms with Gasteiger partial charge in [0.05, 0.1) is 12.6 Å². The smallest absolute Gasteiger partial charge is 0.425 e. The number of ether oxygens (including phenoxy) is 1. The van der Waals surface area contributed by atoms with E-state index in [1.807, 2.05) is 67.1 Å². The maximum atomic E-state index is 12.2. The predicted octanol–water partition coefficient (Wildman–Crippen LogP) is 2.64. The van der Waals surface area contributed by atoms with Crippen molar-refractivity contribution in [3.63, 3.8) is 0 Å². The number of ketones is 2. The maximum absolute atomic E-state index is 12.2. The summed E-state index contributed by atoms with van der Waals surface area (Å²) in [6.45, 7) is 12.1. The van der Waals surface area contributed by atoms with E-state index in [-0.39, 0.29) is 52.8 Å². The Morgan fingerprint density at radius 1 is 0.884 bits per heavy atom. The Bertz CT molecular complexity index is 1290. The number of rotatable bonds is 8. The first kappa shape index (κ1) is 36.7. The van der Waals surface area contributed by atoms with Gasteiger partial charge in [0.2, 0.25) is 0 Å². The van der Waals surface area contributed by atoms with Gasteiger partial charge < -0.3 is 23.3 Å². The number of likely N-dealkylation sites (tertiary alicyclic amines) is 1. The minimum atomic E-state index is -0.669. The molecule has 1 atom stereocenters. The van der Waals surface area contributed by atoms with E-state index in [1.54, 1.807) is 32.4 Å². The van der Waals surface area contributed by atoms with Crippen LogP contribution >= 0.6 is 0 Å². The molecule has 1 aliphatic rings. The van der Waals surface area contributed by atoms with Crippen molar-refractivity contribution < 1.29 is 49.5 Å². The van der Waals surface area contributed by atoms with Crippen LogP contribution in [0.2, 0.25) is 0 Å². The summed E-state index contributed by atoms with van der Waals surface area (Å²) in [6.07, 6.45) is 13.7. The summed E-state index contributed by atoms with van der Waals surface area (Å²) in [5.74, 6) is -0.208. The molecule has 0 bridgehead atoms. The van der Waals surface area contributed by atoms with Crippen molar-refractivity contribution in [1.29, 1.82) is 0 Å². The number of piperidine rings is 1. The topological polar surface area (TPSA) is 157 Å². The van der Waals surface area contributed by atoms with Crippen LogP contribution in [0.1, 0.15) is 25.3 Å². The molecule has 1 fully saturated rings. The van der Waals surface area contributed by atoms with Crippen molar-refractivity contribution in [2.45, 2.75) is 32.4 Å². The van der Waals surface area contributed by atoms with Crippen molar-refractivity contribution in [3.8, 4) is 0 Å². The Kier molecular flexibility index (Phi) is 17.5. The molecular weight excluding hydrogens is 637 g/mol. The van der Waals surface area contributed by atoms with Crippen molar-refractivity contribution in [2.75, 3.05) is 0 Å². The van der Waals surface area contributed by atoms with Crippen LogP contribution < -0.4 is 0 Å². The average molecular weight is 664 g/mol. The van der Waals surface area contributed by atoms with Crippen LogP contribution in [0.3, 0.4) is 0 Å². The van der Waals surface area contributed by atoms with Crippen LogP contribution in [0.25, 0.3) is 0 Å². The van der Waals surface area contributed by atoms with Gasteiger partial charge in [-0.1, -0.05) is 30.3 Å². The largest absolute Gasteiger partial charge is 2.00 e. The SMILES string of the molecule is CC(=O)CCC1C(=O)[CH][CH][CH]N1C(=O)OCc1ccccc1.[C-]#[O+].[C-]#[O+].[Mo+2].c1cnn([B-](n2cccn2)n2cccn2)c1. The van der Waals surface area contributed by atoms with Gasteiger partial charge in [0.15, 0.2) is 5.78 Å². The number of amides is 1. The molecule has 0 spiro atoms. The van der Waals surface area contributed by atoms with Crippen LogP contribution in [0.4, 0.5) is 4.79 Å². The quantitative estimate of drug-likeness (QED) is 0.159. The summed E-state index contributed by atoms with van der Waals surface area (Å²) >= 11 is 0. The third kappa shape index (κ3) is 11.5. The van der Waals surface area contributed by atoms with Crippen molar-refractivity contribution in [2.24, 2.45) is 0 Å². The molecule has 43 heavy (non-hydrogen) atoms. The molecule has 1 aliphatic heterocycles. The first-order valence-electron chi connectivity index (χ1n) is 12.4. The fourth-order valence-electron chi connectivity index (χ4n) is 3.80. The molecule has 1 unspecified atom stereocenters. The minimum Gasteiger partial charge on any atom is -0.425 e. The van der Waals surface area contributed by atoms with Gasteiger partial charge in [0.25, 0.3) is 7.12 Å². The second kappa shape index (κ2) is 20.6. The molecule has 1 aromatic carbocycles. The van der Waals surface area contributed by atoms with Gasteiger partial charge in [-0.15, -0.1) is 0 Å². The molecule has 1 saturated heterocycles. The summed E-state index contributed by atoms with van der Waals surface area (Å²) in [6, 6.07) is 14.3. The standard InChI is InChI=1S/C17H18NO4.C9H9BN6.2CO.Mo/c1-13(19)9-10-15-16(20)8-5-11-18(15)17(21)22-12-14-6-3-2-4-7-14;1-4-11-14(7-1)10(15-8-2-5-12-15)16-9-3-6-13-16;2*1-2;/h2-8,11,15H,9-10,12H2,1H3;1-9H;;;/q;-1;;;+2. The van der Waals surface area contributed by atoms with E-state index in [0.29, 0.717) is 6.42 Å². The molecule has 0 aliphatic carbocycles. The van der Waals surface area contributed by atoms with Gasteiger partial charge in [0.1, 0.15) is 12.4 Å². The van der Waals surface area contributed by atoms with E-state index >= 15 is 0 Å². The summed E-state index contributed by atoms with van der Waals surface area (Å²) in [4.78, 5) is 36.5. The molecule has 4 aromatic rings. The maximum Gasteiger partial charge on any atom is 2.00 e. The molecule has 218 valence electrons. The normalized spacial score (nSPS) is 13.5. The third-order valence-electron chi connectivity index (χ3n) is 5.64. The Morgan fingerprint density at radius 3 is 1.84 bits per heavy atom. The van der Waals surface area contributed by atoms with Crippen LogP contribution in [-0.4, -0.2) is 64.8 Å². The van der Waals surface area contributed by atoms with Crippen LogP contribution in [0.5, 0.6) is 0 Å². The Morgan fingerprint density at radius 2 is 1.40 bits per heavy atom. The summed E-state index contributed by atoms with van der Waals surface area (Å²) in [7, 11) is -0.194. The van der Waals surface area contributed by atoms with Gasteiger partial charge >= 0.3 is 49.8 Å². The number of hydrogen-bond donors (Lipinski definition) is 0. The zero-order valence-corrected chi connectivity index (χ0v) is 25.1. The minimum absolute atomic E-state index is 0. The third-order valence-corrected chi connectivity index (χ3v) is 5.64. The number of carbonyl (C=O) groups excluding carboxylic acids is 3. The molecule has 4 heterocycles. The summed E-state index contributed by atoms with van der Waals surface area (Å²) in [5.41, 5.74) is 0.870. The molecular formula is C28H27BMoN7O6+. The first-order valence-corrected chi connectivity index (χ1v) is 12.4. The number of Topliss-reactive ketones (excluding diaryl/α,β-unsaturated/α-hetero) is 2. The Hall–Kier alpha value is -4.31. The molecule has 0 saturated carbocycles. The first-order chi connectivity index (χ1) is 20.5. The van der Waals surface area contributed by atoms with E-state index in [9.17, 15) is 14.4 Å². The van der Waals surface area contributed by atoms with Crippen molar-refractivity contribution in [1.82, 2.24) is 34.0 Å². The average Bonchev–Trinajstić information content (AvgIpc) is 3.84. The Balaban J connectivity index is 0.000000389. The van der Waals surface area contributed by atoms with E-state index in [2.05, 4.69) is 28.6 Å². The van der Waals surface area contributed by atoms with Gasteiger partial charge in [-0.25, -0.2) is 20.1 Å². The van der Waals surface area contributed by atoms with Crippen LogP contribution in [-0.2, 0) is 51.3 Å². The van der Waals surface area contributed by atoms with E-state index in [1.165, 1.54) is 31.2 Å². The van der Waals surface area contributed by atoms with Gasteiger partial charge in [-0.05, 0) is 62.1 Å². The molecule has 4 radical (unpaired) electrons. The van der Waals surface area contributed by atoms with Gasteiger partial charge in [-0.3, -0.25) is 9.69 Å². The predicted molar refractivity (Wildman–Crippen MR) is 147 cm³/mol. The summed E-state index contributed by atoms with van der Waals surface area (Å²) < 4.78 is 25.6. The van der Waals surface area contributed by atoms with E-state index < -0.39 is 12.1 Å². The second-order valence-corrected chi connectivity index (χ2v) is 8.42. The van der Waals surface area contributed by atoms with E-state index in [0.717, 1.165) is 5.56 Å². The number of nitrogens with zero attached hydrogens (tertiary/aromatic N) is 7. The van der Waals surface area contributed by atoms with Gasteiger partial charge in [0, 0.05) is 31.4 Å². The zero-order chi connectivity index (χ0) is 30.7. The monoisotopic (exact) mass is 666 g/mol. The van der Waals surface area contributed by atoms with E-state index in [4.69, 9.17) is 14.0 Å². The number of aromatic nitrogens is 6. The molecule has 3 aromatic heterocycles. The number of hydrogen-bond acceptors (Lipinski definition) is 7. The Labute approximate surface area is 264 Å². The van der Waals surface area contributed by atoms with Crippen LogP contribution in [0, 0.1) is 32.7 Å². The number of benzene rings is 1. The summed E-state index contributed by atoms with van der Waals surface area (Å²) in [5, 5.41) is 12.7. The molecule has 1 amide bonds. The second-order valence-electron chi connectivity index (χ2n) is 8.42. The molecule has 13 nitrogen and oxygen atoms in total. The fraction of sp³-hybridized carbons (Fsp3) is 0.179.